The molecule has 4 rings (SSSR count). The van der Waals surface area contributed by atoms with Crippen molar-refractivity contribution in [2.24, 2.45) is 0 Å². The van der Waals surface area contributed by atoms with Crippen molar-refractivity contribution in [3.63, 3.8) is 0 Å². The van der Waals surface area contributed by atoms with E-state index in [1.807, 2.05) is 35.4 Å². The van der Waals surface area contributed by atoms with E-state index >= 15 is 0 Å². The molecular formula is C19H24N4O. The van der Waals surface area contributed by atoms with Gasteiger partial charge in [0.25, 0.3) is 0 Å². The second-order valence-corrected chi connectivity index (χ2v) is 6.97. The molecule has 0 saturated carbocycles. The van der Waals surface area contributed by atoms with Gasteiger partial charge in [0.1, 0.15) is 0 Å². The van der Waals surface area contributed by atoms with Gasteiger partial charge in [-0.05, 0) is 38.4 Å². The number of pyridine rings is 1. The molecule has 1 N–H and O–H groups in total. The number of fused-ring (bicyclic) bond motifs is 1. The van der Waals surface area contributed by atoms with Gasteiger partial charge in [-0.3, -0.25) is 9.88 Å². The minimum atomic E-state index is 0.000208. The highest BCUT2D eigenvalue weighted by molar-refractivity contribution is 6.01. The molecule has 2 saturated heterocycles. The summed E-state index contributed by atoms with van der Waals surface area (Å²) in [5.41, 5.74) is 0.856. The minimum absolute atomic E-state index is 0.000208. The molecular weight excluding hydrogens is 300 g/mol. The first-order valence-electron chi connectivity index (χ1n) is 8.87. The second kappa shape index (κ2) is 6.40. The summed E-state index contributed by atoms with van der Waals surface area (Å²) in [7, 11) is 0. The fourth-order valence-corrected chi connectivity index (χ4v) is 3.92. The first kappa shape index (κ1) is 15.4. The predicted molar refractivity (Wildman–Crippen MR) is 96.1 cm³/mol. The summed E-state index contributed by atoms with van der Waals surface area (Å²) in [6.07, 6.45) is 7.49. The van der Waals surface area contributed by atoms with Gasteiger partial charge in [-0.1, -0.05) is 18.6 Å². The van der Waals surface area contributed by atoms with Crippen LogP contribution < -0.4 is 5.32 Å². The molecule has 2 amide bonds. The summed E-state index contributed by atoms with van der Waals surface area (Å²) in [6, 6.07) is 9.04. The second-order valence-electron chi connectivity index (χ2n) is 6.97. The summed E-state index contributed by atoms with van der Waals surface area (Å²) >= 11 is 0. The van der Waals surface area contributed by atoms with E-state index in [9.17, 15) is 4.79 Å². The molecule has 2 fully saturated rings. The average molecular weight is 324 g/mol. The number of aromatic nitrogens is 1. The number of nitrogens with zero attached hydrogens (tertiary/aromatic N) is 3. The lowest BCUT2D eigenvalue weighted by molar-refractivity contribution is 0.0199. The van der Waals surface area contributed by atoms with Gasteiger partial charge >= 0.3 is 6.03 Å². The molecule has 3 heterocycles. The lowest BCUT2D eigenvalue weighted by atomic mass is 9.98. The fraction of sp³-hybridized carbons (Fsp3) is 0.474. The molecule has 0 radical (unpaired) electrons. The topological polar surface area (TPSA) is 48.5 Å². The number of nitrogens with one attached hydrogen (secondary N) is 1. The van der Waals surface area contributed by atoms with Crippen molar-refractivity contribution >= 4 is 22.5 Å². The number of hydrogen-bond donors (Lipinski definition) is 1. The van der Waals surface area contributed by atoms with Gasteiger partial charge in [0.15, 0.2) is 0 Å². The largest absolute Gasteiger partial charge is 0.321 e. The SMILES string of the molecule is CC1CCCCN1C1CN(C(=O)Nc2cccc3cnccc23)C1. The average Bonchev–Trinajstić information content (AvgIpc) is 2.56. The zero-order chi connectivity index (χ0) is 16.5. The number of carbonyl (C=O) groups is 1. The molecule has 5 heteroatoms. The zero-order valence-electron chi connectivity index (χ0n) is 14.1. The van der Waals surface area contributed by atoms with Crippen LogP contribution in [-0.2, 0) is 0 Å². The molecule has 2 aromatic rings. The lowest BCUT2D eigenvalue weighted by Crippen LogP contribution is -2.64. The summed E-state index contributed by atoms with van der Waals surface area (Å²) in [6.45, 7) is 5.16. The molecule has 2 aliphatic rings. The van der Waals surface area contributed by atoms with Crippen LogP contribution in [0.3, 0.4) is 0 Å². The highest BCUT2D eigenvalue weighted by atomic mass is 16.2. The van der Waals surface area contributed by atoms with Crippen molar-refractivity contribution in [1.29, 1.82) is 0 Å². The van der Waals surface area contributed by atoms with Crippen LogP contribution in [0.15, 0.2) is 36.7 Å². The van der Waals surface area contributed by atoms with Crippen LogP contribution in [0.2, 0.25) is 0 Å². The van der Waals surface area contributed by atoms with Crippen molar-refractivity contribution in [3.05, 3.63) is 36.7 Å². The molecule has 0 bridgehead atoms. The van der Waals surface area contributed by atoms with Crippen LogP contribution in [0.5, 0.6) is 0 Å². The molecule has 1 atom stereocenters. The molecule has 1 unspecified atom stereocenters. The number of piperidine rings is 1. The molecule has 0 aliphatic carbocycles. The third-order valence-corrected chi connectivity index (χ3v) is 5.40. The maximum atomic E-state index is 12.5. The third-order valence-electron chi connectivity index (χ3n) is 5.40. The van der Waals surface area contributed by atoms with E-state index in [0.717, 1.165) is 29.5 Å². The predicted octanol–water partition coefficient (Wildman–Crippen LogP) is 3.33. The Morgan fingerprint density at radius 3 is 2.96 bits per heavy atom. The van der Waals surface area contributed by atoms with E-state index < -0.39 is 0 Å². The zero-order valence-corrected chi connectivity index (χ0v) is 14.1. The van der Waals surface area contributed by atoms with Crippen molar-refractivity contribution in [1.82, 2.24) is 14.8 Å². The van der Waals surface area contributed by atoms with Crippen LogP contribution in [-0.4, -0.2) is 52.5 Å². The summed E-state index contributed by atoms with van der Waals surface area (Å²) in [5, 5.41) is 5.13. The molecule has 24 heavy (non-hydrogen) atoms. The number of hydrogen-bond acceptors (Lipinski definition) is 3. The summed E-state index contributed by atoms with van der Waals surface area (Å²) < 4.78 is 0. The fourth-order valence-electron chi connectivity index (χ4n) is 3.92. The molecule has 1 aromatic heterocycles. The van der Waals surface area contributed by atoms with Crippen LogP contribution >= 0.6 is 0 Å². The van der Waals surface area contributed by atoms with Gasteiger partial charge < -0.3 is 10.2 Å². The molecule has 126 valence electrons. The van der Waals surface area contributed by atoms with Crippen LogP contribution in [0, 0.1) is 0 Å². The Morgan fingerprint density at radius 2 is 2.12 bits per heavy atom. The number of benzene rings is 1. The third kappa shape index (κ3) is 2.84. The van der Waals surface area contributed by atoms with Gasteiger partial charge in [0, 0.05) is 48.3 Å². The standard InChI is InChI=1S/C19H24N4O/c1-14-5-2-3-10-23(14)16-12-22(13-16)19(24)21-18-7-4-6-15-11-20-9-8-17(15)18/h4,6-9,11,14,16H,2-3,5,10,12-13H2,1H3,(H,21,24). The van der Waals surface area contributed by atoms with E-state index in [4.69, 9.17) is 0 Å². The highest BCUT2D eigenvalue weighted by Crippen LogP contribution is 2.26. The maximum Gasteiger partial charge on any atom is 0.321 e. The van der Waals surface area contributed by atoms with Gasteiger partial charge in [-0.2, -0.15) is 0 Å². The van der Waals surface area contributed by atoms with Gasteiger partial charge in [-0.25, -0.2) is 4.79 Å². The van der Waals surface area contributed by atoms with E-state index in [2.05, 4.69) is 22.1 Å². The van der Waals surface area contributed by atoms with Gasteiger partial charge in [0.05, 0.1) is 5.69 Å². The van der Waals surface area contributed by atoms with Crippen LogP contribution in [0.4, 0.5) is 10.5 Å². The van der Waals surface area contributed by atoms with Crippen molar-refractivity contribution < 1.29 is 4.79 Å². The minimum Gasteiger partial charge on any atom is -0.321 e. The number of anilines is 1. The van der Waals surface area contributed by atoms with Gasteiger partial charge in [0.2, 0.25) is 0 Å². The quantitative estimate of drug-likeness (QED) is 0.922. The summed E-state index contributed by atoms with van der Waals surface area (Å²) in [5.74, 6) is 0. The van der Waals surface area contributed by atoms with Crippen molar-refractivity contribution in [3.8, 4) is 0 Å². The number of urea groups is 1. The first-order valence-corrected chi connectivity index (χ1v) is 8.87. The molecule has 5 nitrogen and oxygen atoms in total. The first-order chi connectivity index (χ1) is 11.7. The maximum absolute atomic E-state index is 12.5. The normalized spacial score (nSPS) is 22.4. The highest BCUT2D eigenvalue weighted by Gasteiger charge is 2.37. The van der Waals surface area contributed by atoms with E-state index in [-0.39, 0.29) is 6.03 Å². The van der Waals surface area contributed by atoms with Crippen LogP contribution in [0.25, 0.3) is 10.8 Å². The Morgan fingerprint density at radius 1 is 1.25 bits per heavy atom. The van der Waals surface area contributed by atoms with E-state index in [1.54, 1.807) is 6.20 Å². The van der Waals surface area contributed by atoms with Gasteiger partial charge in [-0.15, -0.1) is 0 Å². The Labute approximate surface area is 142 Å². The summed E-state index contributed by atoms with van der Waals surface area (Å²) in [4.78, 5) is 21.2. The molecule has 1 aromatic carbocycles. The van der Waals surface area contributed by atoms with E-state index in [1.165, 1.54) is 25.8 Å². The number of rotatable bonds is 2. The Bertz CT molecular complexity index is 736. The lowest BCUT2D eigenvalue weighted by Gasteiger charge is -2.49. The number of likely N-dealkylation sites (tertiary alicyclic amines) is 2. The number of amides is 2. The Hall–Kier alpha value is -2.14. The molecule has 0 spiro atoms. The Kier molecular flexibility index (Phi) is 4.10. The van der Waals surface area contributed by atoms with Crippen molar-refractivity contribution in [2.75, 3.05) is 25.0 Å². The van der Waals surface area contributed by atoms with Crippen LogP contribution in [0.1, 0.15) is 26.2 Å². The Balaban J connectivity index is 1.39. The smallest absolute Gasteiger partial charge is 0.321 e. The number of carbonyl (C=O) groups excluding carboxylic acids is 1. The van der Waals surface area contributed by atoms with E-state index in [0.29, 0.717) is 12.1 Å². The van der Waals surface area contributed by atoms with Crippen molar-refractivity contribution in [2.45, 2.75) is 38.3 Å². The molecule has 2 aliphatic heterocycles. The monoisotopic (exact) mass is 324 g/mol.